The molecule has 2 fully saturated rings. The summed E-state index contributed by atoms with van der Waals surface area (Å²) in [7, 11) is 0. The molecule has 2 aliphatic rings. The van der Waals surface area contributed by atoms with E-state index >= 15 is 0 Å². The summed E-state index contributed by atoms with van der Waals surface area (Å²) in [6.45, 7) is 1.60. The van der Waals surface area contributed by atoms with Crippen molar-refractivity contribution in [3.05, 3.63) is 18.0 Å². The molecule has 17 heavy (non-hydrogen) atoms. The molecule has 1 aromatic rings. The molecule has 0 amide bonds. The van der Waals surface area contributed by atoms with E-state index in [0.717, 1.165) is 32.5 Å². The summed E-state index contributed by atoms with van der Waals surface area (Å²) < 4.78 is 5.15. The zero-order valence-corrected chi connectivity index (χ0v) is 9.80. The van der Waals surface area contributed by atoms with E-state index in [9.17, 15) is 0 Å². The van der Waals surface area contributed by atoms with Gasteiger partial charge < -0.3 is 15.8 Å². The Hall–Kier alpha value is -1.20. The lowest BCUT2D eigenvalue weighted by atomic mass is 10.0. The van der Waals surface area contributed by atoms with Gasteiger partial charge in [-0.2, -0.15) is 0 Å². The average Bonchev–Trinajstić information content (AvgIpc) is 2.64. The molecule has 0 aromatic carbocycles. The standard InChI is InChI=1S/C12H18N4O/c13-10-1-2-11(3-10)16-12-14-4-8(5-15-12)9-6-17-7-9/h4-5,9-11H,1-3,6-7,13H2,(H,14,15,16)/t10-,11-/m0/s1. The Kier molecular flexibility index (Phi) is 2.94. The van der Waals surface area contributed by atoms with Gasteiger partial charge in [-0.25, -0.2) is 9.97 Å². The molecule has 1 aliphatic heterocycles. The fraction of sp³-hybridized carbons (Fsp3) is 0.667. The van der Waals surface area contributed by atoms with Crippen LogP contribution in [0.1, 0.15) is 30.7 Å². The highest BCUT2D eigenvalue weighted by Crippen LogP contribution is 2.24. The first-order chi connectivity index (χ1) is 8.31. The van der Waals surface area contributed by atoms with Crippen molar-refractivity contribution in [1.29, 1.82) is 0 Å². The normalized spacial score (nSPS) is 29.0. The van der Waals surface area contributed by atoms with Crippen molar-refractivity contribution >= 4 is 5.95 Å². The first kappa shape index (κ1) is 10.9. The van der Waals surface area contributed by atoms with Gasteiger partial charge in [0.2, 0.25) is 5.95 Å². The van der Waals surface area contributed by atoms with Crippen LogP contribution in [0.4, 0.5) is 5.95 Å². The van der Waals surface area contributed by atoms with Crippen LogP contribution < -0.4 is 11.1 Å². The molecular formula is C12H18N4O. The number of aromatic nitrogens is 2. The van der Waals surface area contributed by atoms with Gasteiger partial charge in [-0.05, 0) is 24.8 Å². The largest absolute Gasteiger partial charge is 0.380 e. The lowest BCUT2D eigenvalue weighted by Gasteiger charge is -2.25. The number of rotatable bonds is 3. The number of anilines is 1. The highest BCUT2D eigenvalue weighted by atomic mass is 16.5. The first-order valence-corrected chi connectivity index (χ1v) is 6.23. The van der Waals surface area contributed by atoms with Crippen LogP contribution in [0.3, 0.4) is 0 Å². The quantitative estimate of drug-likeness (QED) is 0.812. The van der Waals surface area contributed by atoms with Gasteiger partial charge in [0.15, 0.2) is 0 Å². The van der Waals surface area contributed by atoms with Crippen molar-refractivity contribution in [3.8, 4) is 0 Å². The number of ether oxygens (including phenoxy) is 1. The van der Waals surface area contributed by atoms with Gasteiger partial charge in [-0.15, -0.1) is 0 Å². The molecule has 2 atom stereocenters. The smallest absolute Gasteiger partial charge is 0.222 e. The molecule has 5 heteroatoms. The fourth-order valence-corrected chi connectivity index (χ4v) is 2.38. The van der Waals surface area contributed by atoms with Gasteiger partial charge in [0, 0.05) is 30.4 Å². The summed E-state index contributed by atoms with van der Waals surface area (Å²) in [5, 5.41) is 3.34. The number of nitrogens with one attached hydrogen (secondary N) is 1. The molecular weight excluding hydrogens is 216 g/mol. The molecule has 5 nitrogen and oxygen atoms in total. The van der Waals surface area contributed by atoms with Crippen LogP contribution in [0.5, 0.6) is 0 Å². The van der Waals surface area contributed by atoms with Gasteiger partial charge in [0.25, 0.3) is 0 Å². The second kappa shape index (κ2) is 4.58. The third-order valence-corrected chi connectivity index (χ3v) is 3.59. The van der Waals surface area contributed by atoms with Gasteiger partial charge in [0.1, 0.15) is 0 Å². The predicted molar refractivity (Wildman–Crippen MR) is 64.8 cm³/mol. The average molecular weight is 234 g/mol. The molecule has 1 saturated heterocycles. The summed E-state index contributed by atoms with van der Waals surface area (Å²) >= 11 is 0. The SMILES string of the molecule is N[C@H]1CC[C@H](Nc2ncc(C3COC3)cn2)C1. The minimum absolute atomic E-state index is 0.332. The predicted octanol–water partition coefficient (Wildman–Crippen LogP) is 0.882. The van der Waals surface area contributed by atoms with Crippen LogP contribution in [-0.4, -0.2) is 35.3 Å². The van der Waals surface area contributed by atoms with Crippen molar-refractivity contribution < 1.29 is 4.74 Å². The second-order valence-electron chi connectivity index (χ2n) is 4.99. The van der Waals surface area contributed by atoms with Crippen molar-refractivity contribution in [2.24, 2.45) is 5.73 Å². The molecule has 2 heterocycles. The van der Waals surface area contributed by atoms with E-state index < -0.39 is 0 Å². The zero-order valence-electron chi connectivity index (χ0n) is 9.80. The maximum Gasteiger partial charge on any atom is 0.222 e. The van der Waals surface area contributed by atoms with E-state index in [1.807, 2.05) is 12.4 Å². The van der Waals surface area contributed by atoms with Crippen molar-refractivity contribution in [2.75, 3.05) is 18.5 Å². The third-order valence-electron chi connectivity index (χ3n) is 3.59. The highest BCUT2D eigenvalue weighted by Gasteiger charge is 2.23. The number of nitrogens with two attached hydrogens (primary N) is 1. The van der Waals surface area contributed by atoms with Crippen molar-refractivity contribution in [3.63, 3.8) is 0 Å². The minimum Gasteiger partial charge on any atom is -0.380 e. The Bertz CT molecular complexity index is 377. The summed E-state index contributed by atoms with van der Waals surface area (Å²) in [4.78, 5) is 8.70. The Morgan fingerprint density at radius 3 is 2.53 bits per heavy atom. The Balaban J connectivity index is 1.60. The van der Waals surface area contributed by atoms with Gasteiger partial charge in [-0.1, -0.05) is 0 Å². The topological polar surface area (TPSA) is 73.1 Å². The maximum absolute atomic E-state index is 5.87. The fourth-order valence-electron chi connectivity index (χ4n) is 2.38. The lowest BCUT2D eigenvalue weighted by Crippen LogP contribution is -2.26. The van der Waals surface area contributed by atoms with Crippen LogP contribution in [0, 0.1) is 0 Å². The van der Waals surface area contributed by atoms with Crippen molar-refractivity contribution in [2.45, 2.75) is 37.3 Å². The van der Waals surface area contributed by atoms with Crippen LogP contribution in [-0.2, 0) is 4.74 Å². The summed E-state index contributed by atoms with van der Waals surface area (Å²) in [5.74, 6) is 1.21. The van der Waals surface area contributed by atoms with Crippen LogP contribution >= 0.6 is 0 Å². The van der Waals surface area contributed by atoms with E-state index in [1.165, 1.54) is 5.56 Å². The molecule has 3 N–H and O–H groups in total. The Morgan fingerprint density at radius 1 is 1.24 bits per heavy atom. The maximum atomic E-state index is 5.87. The van der Waals surface area contributed by atoms with E-state index in [0.29, 0.717) is 23.9 Å². The summed E-state index contributed by atoms with van der Waals surface area (Å²) in [5.41, 5.74) is 7.04. The third kappa shape index (κ3) is 2.40. The monoisotopic (exact) mass is 234 g/mol. The zero-order chi connectivity index (χ0) is 11.7. The molecule has 0 unspecified atom stereocenters. The highest BCUT2D eigenvalue weighted by molar-refractivity contribution is 5.28. The van der Waals surface area contributed by atoms with E-state index in [1.54, 1.807) is 0 Å². The summed E-state index contributed by atoms with van der Waals surface area (Å²) in [6, 6.07) is 0.766. The summed E-state index contributed by atoms with van der Waals surface area (Å²) in [6.07, 6.45) is 7.02. The van der Waals surface area contributed by atoms with Crippen LogP contribution in [0.15, 0.2) is 12.4 Å². The van der Waals surface area contributed by atoms with Gasteiger partial charge >= 0.3 is 0 Å². The van der Waals surface area contributed by atoms with E-state index in [4.69, 9.17) is 10.5 Å². The molecule has 1 saturated carbocycles. The molecule has 0 bridgehead atoms. The first-order valence-electron chi connectivity index (χ1n) is 6.23. The van der Waals surface area contributed by atoms with Gasteiger partial charge in [0.05, 0.1) is 13.2 Å². The lowest BCUT2D eigenvalue weighted by molar-refractivity contribution is 0.00816. The molecule has 1 aromatic heterocycles. The molecule has 3 rings (SSSR count). The van der Waals surface area contributed by atoms with E-state index in [-0.39, 0.29) is 0 Å². The van der Waals surface area contributed by atoms with Gasteiger partial charge in [-0.3, -0.25) is 0 Å². The van der Waals surface area contributed by atoms with Crippen LogP contribution in [0.2, 0.25) is 0 Å². The molecule has 1 aliphatic carbocycles. The van der Waals surface area contributed by atoms with E-state index in [2.05, 4.69) is 15.3 Å². The number of hydrogen-bond donors (Lipinski definition) is 2. The second-order valence-corrected chi connectivity index (χ2v) is 4.99. The van der Waals surface area contributed by atoms with Crippen molar-refractivity contribution in [1.82, 2.24) is 9.97 Å². The Labute approximate surface area is 101 Å². The molecule has 92 valence electrons. The molecule has 0 radical (unpaired) electrons. The minimum atomic E-state index is 0.332. The Morgan fingerprint density at radius 2 is 2.00 bits per heavy atom. The number of nitrogens with zero attached hydrogens (tertiary/aromatic N) is 2. The number of hydrogen-bond acceptors (Lipinski definition) is 5. The van der Waals surface area contributed by atoms with Crippen LogP contribution in [0.25, 0.3) is 0 Å². The molecule has 0 spiro atoms.